The van der Waals surface area contributed by atoms with Crippen LogP contribution in [-0.4, -0.2) is 38.6 Å². The van der Waals surface area contributed by atoms with Gasteiger partial charge in [0.1, 0.15) is 11.3 Å². The zero-order chi connectivity index (χ0) is 16.2. The van der Waals surface area contributed by atoms with Gasteiger partial charge in [0.2, 0.25) is 5.88 Å². The molecule has 0 aromatic carbocycles. The molecule has 0 amide bonds. The van der Waals surface area contributed by atoms with Crippen molar-refractivity contribution in [3.8, 4) is 11.7 Å². The van der Waals surface area contributed by atoms with Crippen molar-refractivity contribution in [2.75, 3.05) is 6.61 Å². The third-order valence-electron chi connectivity index (χ3n) is 4.66. The van der Waals surface area contributed by atoms with Crippen LogP contribution >= 0.6 is 11.6 Å². The van der Waals surface area contributed by atoms with Gasteiger partial charge in [-0.05, 0) is 30.9 Å². The Morgan fingerprint density at radius 2 is 2.30 bits per heavy atom. The van der Waals surface area contributed by atoms with Gasteiger partial charge in [0.15, 0.2) is 5.82 Å². The fraction of sp³-hybridized carbons (Fsp3) is 0.400. The monoisotopic (exact) mass is 337 g/mol. The molecule has 0 bridgehead atoms. The van der Waals surface area contributed by atoms with Gasteiger partial charge in [0, 0.05) is 17.7 Å². The molecule has 0 saturated heterocycles. The van der Waals surface area contributed by atoms with Crippen molar-refractivity contribution in [3.63, 3.8) is 0 Å². The summed E-state index contributed by atoms with van der Waals surface area (Å²) in [5.74, 6) is -0.158. The third-order valence-corrected chi connectivity index (χ3v) is 4.95. The number of aromatic carboxylic acids is 1. The van der Waals surface area contributed by atoms with Gasteiger partial charge in [-0.15, -0.1) is 5.10 Å². The molecule has 3 atom stereocenters. The normalized spacial score (nSPS) is 27.9. The number of carboxylic acid groups (broad SMARTS) is 1. The van der Waals surface area contributed by atoms with Crippen molar-refractivity contribution in [2.24, 2.45) is 11.3 Å². The number of fused-ring (bicyclic) bond motifs is 1. The van der Waals surface area contributed by atoms with Crippen LogP contribution < -0.4 is 4.74 Å². The summed E-state index contributed by atoms with van der Waals surface area (Å²) in [5.41, 5.74) is -0.0443. The van der Waals surface area contributed by atoms with Crippen molar-refractivity contribution in [1.29, 1.82) is 0 Å². The fourth-order valence-electron chi connectivity index (χ4n) is 3.16. The molecule has 2 aliphatic carbocycles. The van der Waals surface area contributed by atoms with Gasteiger partial charge >= 0.3 is 5.97 Å². The number of aromatic nitrogens is 3. The molecule has 4 rings (SSSR count). The van der Waals surface area contributed by atoms with Crippen LogP contribution in [-0.2, 0) is 0 Å². The standard InChI is InChI=1S/C15H13ClFN3O3/c16-13-8(14(21)22)1-2-11(18-13)20-4-3-12(19-20)23-7-15-5-9(15)10(17)6-15/h1-4,9-10H,5-7H2,(H,21,22)/t9?,10-,15?/m1/s1. The number of alkyl halides is 1. The lowest BCUT2D eigenvalue weighted by Crippen LogP contribution is -2.32. The predicted molar refractivity (Wildman–Crippen MR) is 78.9 cm³/mol. The molecule has 8 heteroatoms. The Bertz CT molecular complexity index is 796. The van der Waals surface area contributed by atoms with Crippen LogP contribution in [0.3, 0.4) is 0 Å². The van der Waals surface area contributed by atoms with Gasteiger partial charge in [-0.25, -0.2) is 18.9 Å². The minimum absolute atomic E-state index is 0.0217. The summed E-state index contributed by atoms with van der Waals surface area (Å²) in [6.07, 6.45) is 2.44. The summed E-state index contributed by atoms with van der Waals surface area (Å²) < 4.78 is 20.2. The van der Waals surface area contributed by atoms with E-state index in [1.165, 1.54) is 16.8 Å². The quantitative estimate of drug-likeness (QED) is 0.849. The third kappa shape index (κ3) is 2.35. The first-order valence-electron chi connectivity index (χ1n) is 7.21. The van der Waals surface area contributed by atoms with E-state index in [0.29, 0.717) is 24.7 Å². The number of halogens is 2. The molecule has 2 aromatic rings. The van der Waals surface area contributed by atoms with Gasteiger partial charge in [-0.2, -0.15) is 0 Å². The minimum Gasteiger partial charge on any atom is -0.478 e. The van der Waals surface area contributed by atoms with Crippen LogP contribution in [0.4, 0.5) is 4.39 Å². The molecule has 0 aliphatic heterocycles. The molecule has 0 radical (unpaired) electrons. The first kappa shape index (κ1) is 14.4. The van der Waals surface area contributed by atoms with E-state index in [0.717, 1.165) is 6.42 Å². The van der Waals surface area contributed by atoms with Gasteiger partial charge < -0.3 is 9.84 Å². The molecular weight excluding hydrogens is 325 g/mol. The molecule has 2 aromatic heterocycles. The highest BCUT2D eigenvalue weighted by molar-refractivity contribution is 6.32. The lowest BCUT2D eigenvalue weighted by molar-refractivity contribution is 0.0696. The van der Waals surface area contributed by atoms with E-state index in [1.807, 2.05) is 0 Å². The van der Waals surface area contributed by atoms with E-state index in [2.05, 4.69) is 10.1 Å². The molecule has 2 heterocycles. The topological polar surface area (TPSA) is 77.2 Å². The van der Waals surface area contributed by atoms with E-state index in [9.17, 15) is 9.18 Å². The van der Waals surface area contributed by atoms with Crippen LogP contribution in [0.1, 0.15) is 23.2 Å². The summed E-state index contributed by atoms with van der Waals surface area (Å²) in [4.78, 5) is 14.9. The van der Waals surface area contributed by atoms with Crippen molar-refractivity contribution in [2.45, 2.75) is 19.0 Å². The van der Waals surface area contributed by atoms with Gasteiger partial charge in [-0.1, -0.05) is 11.6 Å². The lowest BCUT2D eigenvalue weighted by atomic mass is 9.84. The van der Waals surface area contributed by atoms with E-state index in [1.54, 1.807) is 12.3 Å². The molecule has 120 valence electrons. The predicted octanol–water partition coefficient (Wildman–Crippen LogP) is 2.75. The number of hydrogen-bond acceptors (Lipinski definition) is 4. The zero-order valence-corrected chi connectivity index (χ0v) is 12.7. The molecule has 1 N–H and O–H groups in total. The molecule has 2 aliphatic rings. The highest BCUT2D eigenvalue weighted by Crippen LogP contribution is 2.68. The van der Waals surface area contributed by atoms with Crippen molar-refractivity contribution in [3.05, 3.63) is 35.1 Å². The Morgan fingerprint density at radius 1 is 1.48 bits per heavy atom. The van der Waals surface area contributed by atoms with Crippen LogP contribution in [0, 0.1) is 11.3 Å². The maximum absolute atomic E-state index is 13.1. The van der Waals surface area contributed by atoms with E-state index >= 15 is 0 Å². The second-order valence-corrected chi connectivity index (χ2v) is 6.45. The van der Waals surface area contributed by atoms with Crippen LogP contribution in [0.15, 0.2) is 24.4 Å². The summed E-state index contributed by atoms with van der Waals surface area (Å²) >= 11 is 5.85. The van der Waals surface area contributed by atoms with E-state index in [4.69, 9.17) is 21.4 Å². The SMILES string of the molecule is O=C(O)c1ccc(-n2ccc(OCC34CC3[C@H](F)C4)n2)nc1Cl. The number of ether oxygens (including phenoxy) is 1. The summed E-state index contributed by atoms with van der Waals surface area (Å²) in [6.45, 7) is 0.473. The van der Waals surface area contributed by atoms with Gasteiger partial charge in [0.25, 0.3) is 0 Å². The maximum Gasteiger partial charge on any atom is 0.338 e. The Balaban J connectivity index is 1.45. The number of carbonyl (C=O) groups is 1. The summed E-state index contributed by atoms with van der Waals surface area (Å²) in [7, 11) is 0. The Morgan fingerprint density at radius 3 is 2.91 bits per heavy atom. The van der Waals surface area contributed by atoms with E-state index in [-0.39, 0.29) is 22.0 Å². The minimum atomic E-state index is -1.14. The van der Waals surface area contributed by atoms with Crippen LogP contribution in [0.5, 0.6) is 5.88 Å². The smallest absolute Gasteiger partial charge is 0.338 e. The molecule has 6 nitrogen and oxygen atoms in total. The summed E-state index contributed by atoms with van der Waals surface area (Å²) in [6, 6.07) is 4.57. The average Bonchev–Trinajstić information content (AvgIpc) is 2.89. The Kier molecular flexibility index (Phi) is 3.09. The molecule has 2 fully saturated rings. The number of hydrogen-bond donors (Lipinski definition) is 1. The molecule has 2 saturated carbocycles. The number of nitrogens with zero attached hydrogens (tertiary/aromatic N) is 3. The van der Waals surface area contributed by atoms with Crippen molar-refractivity contribution < 1.29 is 19.0 Å². The van der Waals surface area contributed by atoms with Crippen molar-refractivity contribution >= 4 is 17.6 Å². The highest BCUT2D eigenvalue weighted by atomic mass is 35.5. The first-order chi connectivity index (χ1) is 11.0. The first-order valence-corrected chi connectivity index (χ1v) is 7.59. The van der Waals surface area contributed by atoms with Crippen LogP contribution in [0.25, 0.3) is 5.82 Å². The number of pyridine rings is 1. The lowest BCUT2D eigenvalue weighted by Gasteiger charge is -2.28. The number of rotatable bonds is 5. The van der Waals surface area contributed by atoms with Crippen molar-refractivity contribution in [1.82, 2.24) is 14.8 Å². The largest absolute Gasteiger partial charge is 0.478 e. The molecule has 2 unspecified atom stereocenters. The number of carboxylic acids is 1. The highest BCUT2D eigenvalue weighted by Gasteiger charge is 2.68. The molecule has 23 heavy (non-hydrogen) atoms. The maximum atomic E-state index is 13.1. The average molecular weight is 338 g/mol. The second kappa shape index (κ2) is 4.92. The van der Waals surface area contributed by atoms with Crippen LogP contribution in [0.2, 0.25) is 5.15 Å². The molecule has 0 spiro atoms. The van der Waals surface area contributed by atoms with Gasteiger partial charge in [-0.3, -0.25) is 0 Å². The second-order valence-electron chi connectivity index (χ2n) is 6.09. The van der Waals surface area contributed by atoms with Gasteiger partial charge in [0.05, 0.1) is 12.2 Å². The summed E-state index contributed by atoms with van der Waals surface area (Å²) in [5, 5.41) is 13.1. The Hall–Kier alpha value is -2.15. The zero-order valence-electron chi connectivity index (χ0n) is 11.9. The fourth-order valence-corrected chi connectivity index (χ4v) is 3.39. The van der Waals surface area contributed by atoms with E-state index < -0.39 is 12.1 Å². The molecular formula is C15H13ClFN3O3. The Labute approximate surface area is 135 Å².